The summed E-state index contributed by atoms with van der Waals surface area (Å²) < 4.78 is 28.4. The Morgan fingerprint density at radius 1 is 1.11 bits per heavy atom. The maximum absolute atomic E-state index is 12.3. The van der Waals surface area contributed by atoms with Crippen molar-refractivity contribution in [2.24, 2.45) is 5.14 Å². The number of sulfonamides is 1. The van der Waals surface area contributed by atoms with Crippen LogP contribution in [0, 0.1) is 0 Å². The van der Waals surface area contributed by atoms with Crippen molar-refractivity contribution in [2.45, 2.75) is 11.8 Å². The van der Waals surface area contributed by atoms with Crippen LogP contribution in [0.5, 0.6) is 0 Å². The first-order valence-corrected chi connectivity index (χ1v) is 10.3. The van der Waals surface area contributed by atoms with Crippen LogP contribution in [0.4, 0.5) is 5.69 Å². The van der Waals surface area contributed by atoms with Crippen molar-refractivity contribution in [1.82, 2.24) is 0 Å². The molecular weight excluding hydrogens is 388 g/mol. The summed E-state index contributed by atoms with van der Waals surface area (Å²) >= 11 is 1.32. The second-order valence-electron chi connectivity index (χ2n) is 5.61. The molecule has 27 heavy (non-hydrogen) atoms. The number of benzene rings is 2. The topological polar surface area (TPSA) is 116 Å². The molecule has 0 saturated heterocycles. The lowest BCUT2D eigenvalue weighted by atomic mass is 10.2. The minimum absolute atomic E-state index is 0.0646. The summed E-state index contributed by atoms with van der Waals surface area (Å²) in [6, 6.07) is 12.3. The molecule has 2 aromatic carbocycles. The molecule has 0 aliphatic heterocycles. The molecule has 0 radical (unpaired) electrons. The second kappa shape index (κ2) is 7.47. The number of carbonyl (C=O) groups excluding carboxylic acids is 2. The standard InChI is InChI=1S/C18H16N2O5S2/c1-2-25-18(22)16-10-12-9-13(5-8-15(12)26-16)20-17(21)11-3-6-14(7-4-11)27(19,23)24/h3-10H,2H2,1H3,(H,20,21)(H2,19,23,24). The Balaban J connectivity index is 1.79. The SMILES string of the molecule is CCOC(=O)c1cc2cc(NC(=O)c3ccc(S(N)(=O)=O)cc3)ccc2s1. The van der Waals surface area contributed by atoms with E-state index in [1.54, 1.807) is 25.1 Å². The molecular formula is C18H16N2O5S2. The van der Waals surface area contributed by atoms with Gasteiger partial charge in [0.2, 0.25) is 10.0 Å². The zero-order valence-electron chi connectivity index (χ0n) is 14.3. The minimum atomic E-state index is -3.81. The summed E-state index contributed by atoms with van der Waals surface area (Å²) in [7, 11) is -3.81. The van der Waals surface area contributed by atoms with E-state index in [0.717, 1.165) is 10.1 Å². The molecule has 0 aliphatic rings. The highest BCUT2D eigenvalue weighted by Crippen LogP contribution is 2.29. The van der Waals surface area contributed by atoms with E-state index in [-0.39, 0.29) is 10.9 Å². The molecule has 3 rings (SSSR count). The molecule has 140 valence electrons. The first-order valence-electron chi connectivity index (χ1n) is 7.93. The average Bonchev–Trinajstić information content (AvgIpc) is 3.05. The van der Waals surface area contributed by atoms with Crippen molar-refractivity contribution < 1.29 is 22.7 Å². The van der Waals surface area contributed by atoms with Gasteiger partial charge in [-0.15, -0.1) is 11.3 Å². The molecule has 0 bridgehead atoms. The van der Waals surface area contributed by atoms with Crippen molar-refractivity contribution in [3.8, 4) is 0 Å². The second-order valence-corrected chi connectivity index (χ2v) is 8.25. The van der Waals surface area contributed by atoms with Gasteiger partial charge in [0.25, 0.3) is 5.91 Å². The third kappa shape index (κ3) is 4.33. The van der Waals surface area contributed by atoms with E-state index in [2.05, 4.69) is 5.32 Å². The lowest BCUT2D eigenvalue weighted by molar-refractivity contribution is 0.0532. The zero-order chi connectivity index (χ0) is 19.6. The monoisotopic (exact) mass is 404 g/mol. The van der Waals surface area contributed by atoms with Crippen molar-refractivity contribution in [2.75, 3.05) is 11.9 Å². The lowest BCUT2D eigenvalue weighted by Gasteiger charge is -2.06. The molecule has 0 spiro atoms. The Labute approximate surface area is 159 Å². The van der Waals surface area contributed by atoms with Crippen LogP contribution in [0.3, 0.4) is 0 Å². The predicted molar refractivity (Wildman–Crippen MR) is 104 cm³/mol. The molecule has 0 atom stereocenters. The zero-order valence-corrected chi connectivity index (χ0v) is 15.9. The minimum Gasteiger partial charge on any atom is -0.462 e. The van der Waals surface area contributed by atoms with Gasteiger partial charge in [-0.05, 0) is 60.8 Å². The number of thiophene rings is 1. The number of nitrogens with one attached hydrogen (secondary N) is 1. The number of ether oxygens (including phenoxy) is 1. The van der Waals surface area contributed by atoms with Gasteiger partial charge in [0.15, 0.2) is 0 Å². The van der Waals surface area contributed by atoms with E-state index in [0.29, 0.717) is 22.7 Å². The highest BCUT2D eigenvalue weighted by molar-refractivity contribution is 7.89. The van der Waals surface area contributed by atoms with Gasteiger partial charge in [-0.25, -0.2) is 18.4 Å². The van der Waals surface area contributed by atoms with E-state index < -0.39 is 15.9 Å². The van der Waals surface area contributed by atoms with Crippen LogP contribution in [0.1, 0.15) is 27.0 Å². The van der Waals surface area contributed by atoms with Gasteiger partial charge in [-0.3, -0.25) is 4.79 Å². The summed E-state index contributed by atoms with van der Waals surface area (Å²) in [4.78, 5) is 24.6. The molecule has 0 fully saturated rings. The first-order chi connectivity index (χ1) is 12.8. The molecule has 1 amide bonds. The number of nitrogens with two attached hydrogens (primary N) is 1. The Hall–Kier alpha value is -2.75. The molecule has 0 unspecified atom stereocenters. The van der Waals surface area contributed by atoms with Gasteiger partial charge >= 0.3 is 5.97 Å². The van der Waals surface area contributed by atoms with Gasteiger partial charge in [0, 0.05) is 16.0 Å². The predicted octanol–water partition coefficient (Wildman–Crippen LogP) is 2.98. The van der Waals surface area contributed by atoms with E-state index in [4.69, 9.17) is 9.88 Å². The van der Waals surface area contributed by atoms with Crippen LogP contribution in [0.25, 0.3) is 10.1 Å². The van der Waals surface area contributed by atoms with Crippen LogP contribution >= 0.6 is 11.3 Å². The van der Waals surface area contributed by atoms with Gasteiger partial charge in [-0.2, -0.15) is 0 Å². The van der Waals surface area contributed by atoms with Gasteiger partial charge in [-0.1, -0.05) is 0 Å². The summed E-state index contributed by atoms with van der Waals surface area (Å²) in [6.07, 6.45) is 0. The van der Waals surface area contributed by atoms with Gasteiger partial charge in [0.1, 0.15) is 4.88 Å². The maximum atomic E-state index is 12.3. The fourth-order valence-electron chi connectivity index (χ4n) is 2.42. The van der Waals surface area contributed by atoms with E-state index in [9.17, 15) is 18.0 Å². The van der Waals surface area contributed by atoms with Crippen molar-refractivity contribution in [1.29, 1.82) is 0 Å². The van der Waals surface area contributed by atoms with Gasteiger partial charge in [0.05, 0.1) is 11.5 Å². The van der Waals surface area contributed by atoms with E-state index in [1.165, 1.54) is 35.6 Å². The molecule has 0 aliphatic carbocycles. The smallest absolute Gasteiger partial charge is 0.348 e. The Bertz CT molecular complexity index is 1120. The van der Waals surface area contributed by atoms with Crippen LogP contribution in [-0.4, -0.2) is 26.9 Å². The third-order valence-corrected chi connectivity index (χ3v) is 5.72. The number of carbonyl (C=O) groups is 2. The summed E-state index contributed by atoms with van der Waals surface area (Å²) in [6.45, 7) is 2.05. The number of fused-ring (bicyclic) bond motifs is 1. The number of rotatable bonds is 5. The Morgan fingerprint density at radius 3 is 2.44 bits per heavy atom. The Morgan fingerprint density at radius 2 is 1.81 bits per heavy atom. The van der Waals surface area contributed by atoms with E-state index >= 15 is 0 Å². The quantitative estimate of drug-likeness (QED) is 0.634. The molecule has 9 heteroatoms. The van der Waals surface area contributed by atoms with E-state index in [1.807, 2.05) is 6.07 Å². The highest BCUT2D eigenvalue weighted by Gasteiger charge is 2.13. The number of amides is 1. The molecule has 0 saturated carbocycles. The Kier molecular flexibility index (Phi) is 5.26. The van der Waals surface area contributed by atoms with Crippen LogP contribution in [0.15, 0.2) is 53.4 Å². The number of hydrogen-bond donors (Lipinski definition) is 2. The first kappa shape index (κ1) is 19.0. The van der Waals surface area contributed by atoms with Crippen LogP contribution < -0.4 is 10.5 Å². The molecule has 3 aromatic rings. The van der Waals surface area contributed by atoms with Crippen molar-refractivity contribution >= 4 is 49.0 Å². The number of hydrogen-bond acceptors (Lipinski definition) is 6. The largest absolute Gasteiger partial charge is 0.462 e. The maximum Gasteiger partial charge on any atom is 0.348 e. The molecule has 1 aromatic heterocycles. The molecule has 3 N–H and O–H groups in total. The van der Waals surface area contributed by atoms with Crippen LogP contribution in [-0.2, 0) is 14.8 Å². The summed E-state index contributed by atoms with van der Waals surface area (Å²) in [5.74, 6) is -0.768. The summed E-state index contributed by atoms with van der Waals surface area (Å²) in [5.41, 5.74) is 0.844. The van der Waals surface area contributed by atoms with Crippen LogP contribution in [0.2, 0.25) is 0 Å². The summed E-state index contributed by atoms with van der Waals surface area (Å²) in [5, 5.41) is 8.59. The average molecular weight is 404 g/mol. The molecule has 1 heterocycles. The fourth-order valence-corrected chi connectivity index (χ4v) is 3.88. The normalized spacial score (nSPS) is 11.3. The van der Waals surface area contributed by atoms with Gasteiger partial charge < -0.3 is 10.1 Å². The lowest BCUT2D eigenvalue weighted by Crippen LogP contribution is -2.14. The number of primary sulfonamides is 1. The number of anilines is 1. The fraction of sp³-hybridized carbons (Fsp3) is 0.111. The number of esters is 1. The highest BCUT2D eigenvalue weighted by atomic mass is 32.2. The van der Waals surface area contributed by atoms with Crippen molar-refractivity contribution in [3.63, 3.8) is 0 Å². The molecule has 7 nitrogen and oxygen atoms in total. The van der Waals surface area contributed by atoms with Crippen molar-refractivity contribution in [3.05, 3.63) is 59.0 Å². The third-order valence-electron chi connectivity index (χ3n) is 3.70.